The maximum absolute atomic E-state index is 12.9. The van der Waals surface area contributed by atoms with Crippen molar-refractivity contribution in [2.24, 2.45) is 0 Å². The summed E-state index contributed by atoms with van der Waals surface area (Å²) in [4.78, 5) is 39.8. The van der Waals surface area contributed by atoms with Crippen molar-refractivity contribution < 1.29 is 19.1 Å². The van der Waals surface area contributed by atoms with Gasteiger partial charge in [0, 0.05) is 24.8 Å². The molecule has 0 fully saturated rings. The van der Waals surface area contributed by atoms with E-state index >= 15 is 0 Å². The Morgan fingerprint density at radius 2 is 1.59 bits per heavy atom. The fourth-order valence-electron chi connectivity index (χ4n) is 2.82. The third-order valence-electron chi connectivity index (χ3n) is 4.18. The SMILES string of the molecule is CCN(C(=O)CN(C(C)=O)c1cccc(C(=O)OC)c1)c1cccc(C)c1. The molecule has 0 unspecified atom stereocenters. The highest BCUT2D eigenvalue weighted by molar-refractivity contribution is 6.03. The van der Waals surface area contributed by atoms with Crippen LogP contribution in [0.2, 0.25) is 0 Å². The van der Waals surface area contributed by atoms with Crippen molar-refractivity contribution >= 4 is 29.2 Å². The predicted octanol–water partition coefficient (Wildman–Crippen LogP) is 3.19. The lowest BCUT2D eigenvalue weighted by molar-refractivity contribution is -0.121. The second kappa shape index (κ2) is 8.98. The monoisotopic (exact) mass is 368 g/mol. The van der Waals surface area contributed by atoms with Crippen molar-refractivity contribution in [1.29, 1.82) is 0 Å². The van der Waals surface area contributed by atoms with Crippen LogP contribution in [-0.2, 0) is 14.3 Å². The Kier molecular flexibility index (Phi) is 6.71. The van der Waals surface area contributed by atoms with Gasteiger partial charge in [-0.05, 0) is 49.7 Å². The second-order valence-corrected chi connectivity index (χ2v) is 6.12. The summed E-state index contributed by atoms with van der Waals surface area (Å²) in [7, 11) is 1.29. The minimum atomic E-state index is -0.498. The minimum Gasteiger partial charge on any atom is -0.465 e. The quantitative estimate of drug-likeness (QED) is 0.735. The summed E-state index contributed by atoms with van der Waals surface area (Å²) in [5.41, 5.74) is 2.63. The van der Waals surface area contributed by atoms with Crippen LogP contribution < -0.4 is 9.80 Å². The maximum atomic E-state index is 12.9. The number of benzene rings is 2. The minimum absolute atomic E-state index is 0.123. The molecule has 0 saturated heterocycles. The van der Waals surface area contributed by atoms with Gasteiger partial charge in [0.2, 0.25) is 11.8 Å². The number of hydrogen-bond donors (Lipinski definition) is 0. The number of nitrogens with zero attached hydrogens (tertiary/aromatic N) is 2. The van der Waals surface area contributed by atoms with Crippen LogP contribution in [0, 0.1) is 6.92 Å². The van der Waals surface area contributed by atoms with Gasteiger partial charge in [0.05, 0.1) is 12.7 Å². The number of esters is 1. The number of anilines is 2. The average molecular weight is 368 g/mol. The number of methoxy groups -OCH3 is 1. The fourth-order valence-corrected chi connectivity index (χ4v) is 2.82. The molecule has 0 N–H and O–H groups in total. The number of carbonyl (C=O) groups is 3. The van der Waals surface area contributed by atoms with E-state index in [-0.39, 0.29) is 18.4 Å². The largest absolute Gasteiger partial charge is 0.465 e. The van der Waals surface area contributed by atoms with E-state index in [1.54, 1.807) is 29.2 Å². The van der Waals surface area contributed by atoms with Crippen LogP contribution in [-0.4, -0.2) is 38.0 Å². The second-order valence-electron chi connectivity index (χ2n) is 6.12. The highest BCUT2D eigenvalue weighted by Gasteiger charge is 2.21. The molecule has 2 amide bonds. The van der Waals surface area contributed by atoms with Gasteiger partial charge in [0.25, 0.3) is 0 Å². The molecule has 0 radical (unpaired) electrons. The van der Waals surface area contributed by atoms with Crippen LogP contribution in [0.5, 0.6) is 0 Å². The zero-order valence-electron chi connectivity index (χ0n) is 16.1. The van der Waals surface area contributed by atoms with E-state index in [9.17, 15) is 14.4 Å². The van der Waals surface area contributed by atoms with Crippen molar-refractivity contribution in [2.75, 3.05) is 30.0 Å². The highest BCUT2D eigenvalue weighted by atomic mass is 16.5. The van der Waals surface area contributed by atoms with E-state index in [0.29, 0.717) is 17.8 Å². The molecule has 2 aromatic carbocycles. The maximum Gasteiger partial charge on any atom is 0.337 e. The highest BCUT2D eigenvalue weighted by Crippen LogP contribution is 2.20. The van der Waals surface area contributed by atoms with Gasteiger partial charge in [-0.25, -0.2) is 4.79 Å². The molecular formula is C21H24N2O4. The van der Waals surface area contributed by atoms with Crippen molar-refractivity contribution in [3.63, 3.8) is 0 Å². The Morgan fingerprint density at radius 1 is 0.963 bits per heavy atom. The van der Waals surface area contributed by atoms with Gasteiger partial charge < -0.3 is 14.5 Å². The molecule has 0 aromatic heterocycles. The molecule has 6 heteroatoms. The summed E-state index contributed by atoms with van der Waals surface area (Å²) in [6, 6.07) is 14.1. The van der Waals surface area contributed by atoms with Gasteiger partial charge in [-0.1, -0.05) is 18.2 Å². The van der Waals surface area contributed by atoms with E-state index in [1.165, 1.54) is 18.9 Å². The Balaban J connectivity index is 2.28. The first-order valence-electron chi connectivity index (χ1n) is 8.71. The summed E-state index contributed by atoms with van der Waals surface area (Å²) >= 11 is 0. The van der Waals surface area contributed by atoms with Crippen molar-refractivity contribution in [1.82, 2.24) is 0 Å². The van der Waals surface area contributed by atoms with Crippen LogP contribution in [0.1, 0.15) is 29.8 Å². The van der Waals surface area contributed by atoms with Gasteiger partial charge in [0.1, 0.15) is 6.54 Å². The normalized spacial score (nSPS) is 10.2. The standard InChI is InChI=1S/C21H24N2O4/c1-5-22(18-10-6-8-15(2)12-18)20(25)14-23(16(3)24)19-11-7-9-17(13-19)21(26)27-4/h6-13H,5,14H2,1-4H3. The lowest BCUT2D eigenvalue weighted by Gasteiger charge is -2.26. The van der Waals surface area contributed by atoms with Gasteiger partial charge in [-0.15, -0.1) is 0 Å². The molecule has 0 aliphatic carbocycles. The third kappa shape index (κ3) is 4.94. The topological polar surface area (TPSA) is 66.9 Å². The van der Waals surface area contributed by atoms with Gasteiger partial charge in [0.15, 0.2) is 0 Å². The van der Waals surface area contributed by atoms with Crippen LogP contribution in [0.3, 0.4) is 0 Å². The Morgan fingerprint density at radius 3 is 2.15 bits per heavy atom. The van der Waals surface area contributed by atoms with E-state index < -0.39 is 5.97 Å². The lowest BCUT2D eigenvalue weighted by Crippen LogP contribution is -2.42. The van der Waals surface area contributed by atoms with Crippen molar-refractivity contribution in [2.45, 2.75) is 20.8 Å². The number of ether oxygens (including phenoxy) is 1. The van der Waals surface area contributed by atoms with E-state index in [4.69, 9.17) is 4.74 Å². The fraction of sp³-hybridized carbons (Fsp3) is 0.286. The zero-order chi connectivity index (χ0) is 20.0. The van der Waals surface area contributed by atoms with Crippen LogP contribution >= 0.6 is 0 Å². The number of aryl methyl sites for hydroxylation is 1. The summed E-state index contributed by atoms with van der Waals surface area (Å²) < 4.78 is 4.72. The van der Waals surface area contributed by atoms with E-state index in [0.717, 1.165) is 11.3 Å². The summed E-state index contributed by atoms with van der Waals surface area (Å²) in [6.45, 7) is 5.59. The first-order chi connectivity index (χ1) is 12.9. The number of carbonyl (C=O) groups excluding carboxylic acids is 3. The molecule has 0 atom stereocenters. The molecule has 0 bridgehead atoms. The Bertz CT molecular complexity index is 848. The predicted molar refractivity (Wildman–Crippen MR) is 105 cm³/mol. The molecule has 27 heavy (non-hydrogen) atoms. The summed E-state index contributed by atoms with van der Waals surface area (Å²) in [6.07, 6.45) is 0. The molecule has 0 saturated carbocycles. The van der Waals surface area contributed by atoms with Crippen LogP contribution in [0.15, 0.2) is 48.5 Å². The van der Waals surface area contributed by atoms with Gasteiger partial charge in [-0.2, -0.15) is 0 Å². The molecule has 2 aromatic rings. The van der Waals surface area contributed by atoms with Crippen LogP contribution in [0.4, 0.5) is 11.4 Å². The summed E-state index contributed by atoms with van der Waals surface area (Å²) in [5, 5.41) is 0. The van der Waals surface area contributed by atoms with Crippen LogP contribution in [0.25, 0.3) is 0 Å². The van der Waals surface area contributed by atoms with Crippen molar-refractivity contribution in [3.05, 3.63) is 59.7 Å². The van der Waals surface area contributed by atoms with Gasteiger partial charge >= 0.3 is 5.97 Å². The average Bonchev–Trinajstić information content (AvgIpc) is 2.66. The molecule has 0 heterocycles. The van der Waals surface area contributed by atoms with Crippen molar-refractivity contribution in [3.8, 4) is 0 Å². The third-order valence-corrected chi connectivity index (χ3v) is 4.18. The first-order valence-corrected chi connectivity index (χ1v) is 8.71. The number of amides is 2. The number of likely N-dealkylation sites (N-methyl/N-ethyl adjacent to an activating group) is 1. The molecule has 2 rings (SSSR count). The molecule has 142 valence electrons. The molecule has 0 aliphatic rings. The summed E-state index contributed by atoms with van der Waals surface area (Å²) in [5.74, 6) is -0.992. The van der Waals surface area contributed by atoms with Gasteiger partial charge in [-0.3, -0.25) is 9.59 Å². The molecule has 0 spiro atoms. The number of rotatable bonds is 6. The lowest BCUT2D eigenvalue weighted by atomic mass is 10.1. The Labute approximate surface area is 159 Å². The number of hydrogen-bond acceptors (Lipinski definition) is 4. The smallest absolute Gasteiger partial charge is 0.337 e. The Hall–Kier alpha value is -3.15. The molecular weight excluding hydrogens is 344 g/mol. The zero-order valence-corrected chi connectivity index (χ0v) is 16.1. The molecule has 6 nitrogen and oxygen atoms in total. The van der Waals surface area contributed by atoms with E-state index in [1.807, 2.05) is 38.1 Å². The molecule has 0 aliphatic heterocycles. The first kappa shape index (κ1) is 20.2. The van der Waals surface area contributed by atoms with E-state index in [2.05, 4.69) is 0 Å².